The van der Waals surface area contributed by atoms with Crippen molar-refractivity contribution in [3.05, 3.63) is 0 Å². The zero-order valence-electron chi connectivity index (χ0n) is 8.48. The normalized spacial score (nSPS) is 22.2. The van der Waals surface area contributed by atoms with Crippen LogP contribution in [0.5, 0.6) is 0 Å². The summed E-state index contributed by atoms with van der Waals surface area (Å²) in [5, 5.41) is 17.6. The van der Waals surface area contributed by atoms with Crippen LogP contribution >= 0.6 is 0 Å². The van der Waals surface area contributed by atoms with Crippen molar-refractivity contribution in [2.45, 2.75) is 19.3 Å². The van der Waals surface area contributed by atoms with E-state index in [-0.39, 0.29) is 19.1 Å². The van der Waals surface area contributed by atoms with E-state index >= 15 is 0 Å². The standard InChI is InChI=1S/C10H19NO3/c12-6-4-11(5-7-13)8-9-2-1-3-10(9)14/h9,12-13H,1-8H2. The molecule has 1 aliphatic rings. The van der Waals surface area contributed by atoms with E-state index in [0.717, 1.165) is 12.8 Å². The Balaban J connectivity index is 2.33. The molecule has 0 bridgehead atoms. The van der Waals surface area contributed by atoms with E-state index in [1.54, 1.807) is 0 Å². The molecule has 4 nitrogen and oxygen atoms in total. The average Bonchev–Trinajstić information content (AvgIpc) is 2.53. The zero-order valence-corrected chi connectivity index (χ0v) is 8.48. The summed E-state index contributed by atoms with van der Waals surface area (Å²) in [6.07, 6.45) is 2.67. The molecule has 1 saturated carbocycles. The number of carbonyl (C=O) groups is 1. The van der Waals surface area contributed by atoms with Gasteiger partial charge in [0.1, 0.15) is 5.78 Å². The molecule has 1 fully saturated rings. The van der Waals surface area contributed by atoms with Crippen LogP contribution in [0.15, 0.2) is 0 Å². The monoisotopic (exact) mass is 201 g/mol. The van der Waals surface area contributed by atoms with E-state index in [4.69, 9.17) is 10.2 Å². The SMILES string of the molecule is O=C1CCCC1CN(CCO)CCO. The van der Waals surface area contributed by atoms with Gasteiger partial charge in [-0.3, -0.25) is 9.69 Å². The van der Waals surface area contributed by atoms with Crippen molar-refractivity contribution in [1.29, 1.82) is 0 Å². The largest absolute Gasteiger partial charge is 0.395 e. The van der Waals surface area contributed by atoms with Gasteiger partial charge >= 0.3 is 0 Å². The second-order valence-corrected chi connectivity index (χ2v) is 3.80. The van der Waals surface area contributed by atoms with Crippen molar-refractivity contribution >= 4 is 5.78 Å². The fourth-order valence-electron chi connectivity index (χ4n) is 1.97. The number of aliphatic hydroxyl groups excluding tert-OH is 2. The molecule has 0 spiro atoms. The molecule has 1 aliphatic carbocycles. The highest BCUT2D eigenvalue weighted by Gasteiger charge is 2.25. The maximum Gasteiger partial charge on any atom is 0.137 e. The van der Waals surface area contributed by atoms with E-state index in [2.05, 4.69) is 0 Å². The van der Waals surface area contributed by atoms with Crippen molar-refractivity contribution in [3.8, 4) is 0 Å². The van der Waals surface area contributed by atoms with Gasteiger partial charge in [-0.1, -0.05) is 0 Å². The summed E-state index contributed by atoms with van der Waals surface area (Å²) >= 11 is 0. The first-order chi connectivity index (χ1) is 6.77. The van der Waals surface area contributed by atoms with Gasteiger partial charge in [0.25, 0.3) is 0 Å². The smallest absolute Gasteiger partial charge is 0.137 e. The highest BCUT2D eigenvalue weighted by atomic mass is 16.3. The Morgan fingerprint density at radius 3 is 2.36 bits per heavy atom. The molecule has 1 rings (SSSR count). The van der Waals surface area contributed by atoms with Crippen LogP contribution < -0.4 is 0 Å². The third-order valence-electron chi connectivity index (χ3n) is 2.74. The Morgan fingerprint density at radius 1 is 1.29 bits per heavy atom. The van der Waals surface area contributed by atoms with Crippen LogP contribution in [0.1, 0.15) is 19.3 Å². The molecular formula is C10H19NO3. The predicted molar refractivity (Wildman–Crippen MR) is 53.0 cm³/mol. The molecule has 2 N–H and O–H groups in total. The van der Waals surface area contributed by atoms with Crippen LogP contribution in [0.25, 0.3) is 0 Å². The van der Waals surface area contributed by atoms with Crippen LogP contribution in [0.4, 0.5) is 0 Å². The Morgan fingerprint density at radius 2 is 1.93 bits per heavy atom. The molecule has 82 valence electrons. The third-order valence-corrected chi connectivity index (χ3v) is 2.74. The molecular weight excluding hydrogens is 182 g/mol. The first kappa shape index (κ1) is 11.6. The number of ketones is 1. The highest BCUT2D eigenvalue weighted by Crippen LogP contribution is 2.21. The van der Waals surface area contributed by atoms with E-state index < -0.39 is 0 Å². The van der Waals surface area contributed by atoms with Gasteiger partial charge in [0.15, 0.2) is 0 Å². The molecule has 0 aromatic carbocycles. The second-order valence-electron chi connectivity index (χ2n) is 3.80. The van der Waals surface area contributed by atoms with Gasteiger partial charge in [0, 0.05) is 32.0 Å². The van der Waals surface area contributed by atoms with Gasteiger partial charge < -0.3 is 10.2 Å². The minimum Gasteiger partial charge on any atom is -0.395 e. The lowest BCUT2D eigenvalue weighted by molar-refractivity contribution is -0.121. The van der Waals surface area contributed by atoms with Gasteiger partial charge in [-0.15, -0.1) is 0 Å². The number of nitrogens with zero attached hydrogens (tertiary/aromatic N) is 1. The number of hydrogen-bond donors (Lipinski definition) is 2. The topological polar surface area (TPSA) is 60.8 Å². The molecule has 0 radical (unpaired) electrons. The quantitative estimate of drug-likeness (QED) is 0.616. The molecule has 1 unspecified atom stereocenters. The maximum absolute atomic E-state index is 11.4. The Labute approximate surface area is 84.5 Å². The summed E-state index contributed by atoms with van der Waals surface area (Å²) in [5.74, 6) is 0.471. The minimum absolute atomic E-state index is 0.0842. The van der Waals surface area contributed by atoms with E-state index in [1.807, 2.05) is 4.90 Å². The van der Waals surface area contributed by atoms with Crippen molar-refractivity contribution in [2.75, 3.05) is 32.8 Å². The summed E-state index contributed by atoms with van der Waals surface area (Å²) in [6.45, 7) is 1.95. The molecule has 0 saturated heterocycles. The van der Waals surface area contributed by atoms with E-state index in [1.165, 1.54) is 0 Å². The van der Waals surface area contributed by atoms with E-state index in [0.29, 0.717) is 31.8 Å². The summed E-state index contributed by atoms with van der Waals surface area (Å²) in [7, 11) is 0. The lowest BCUT2D eigenvalue weighted by atomic mass is 10.1. The summed E-state index contributed by atoms with van der Waals surface area (Å²) in [5.41, 5.74) is 0. The van der Waals surface area contributed by atoms with Crippen molar-refractivity contribution in [2.24, 2.45) is 5.92 Å². The molecule has 0 aromatic rings. The fourth-order valence-corrected chi connectivity index (χ4v) is 1.97. The molecule has 1 atom stereocenters. The van der Waals surface area contributed by atoms with Gasteiger partial charge in [-0.25, -0.2) is 0 Å². The van der Waals surface area contributed by atoms with Crippen LogP contribution in [-0.2, 0) is 4.79 Å². The first-order valence-corrected chi connectivity index (χ1v) is 5.24. The molecule has 0 amide bonds. The molecule has 14 heavy (non-hydrogen) atoms. The zero-order chi connectivity index (χ0) is 10.4. The maximum atomic E-state index is 11.4. The molecule has 0 heterocycles. The number of rotatable bonds is 6. The van der Waals surface area contributed by atoms with Crippen LogP contribution in [-0.4, -0.2) is 53.7 Å². The molecule has 0 aromatic heterocycles. The van der Waals surface area contributed by atoms with Gasteiger partial charge in [0.2, 0.25) is 0 Å². The van der Waals surface area contributed by atoms with Crippen LogP contribution in [0.2, 0.25) is 0 Å². The number of hydrogen-bond acceptors (Lipinski definition) is 4. The van der Waals surface area contributed by atoms with Crippen LogP contribution in [0, 0.1) is 5.92 Å². The Kier molecular flexibility index (Phi) is 5.07. The predicted octanol–water partition coefficient (Wildman–Crippen LogP) is -0.358. The fraction of sp³-hybridized carbons (Fsp3) is 0.900. The summed E-state index contributed by atoms with van der Waals surface area (Å²) in [4.78, 5) is 13.3. The number of aliphatic hydroxyl groups is 2. The lowest BCUT2D eigenvalue weighted by Gasteiger charge is -2.22. The molecule has 0 aliphatic heterocycles. The Bertz CT molecular complexity index is 178. The van der Waals surface area contributed by atoms with Crippen LogP contribution in [0.3, 0.4) is 0 Å². The second kappa shape index (κ2) is 6.11. The van der Waals surface area contributed by atoms with Crippen molar-refractivity contribution in [1.82, 2.24) is 4.90 Å². The van der Waals surface area contributed by atoms with Crippen molar-refractivity contribution < 1.29 is 15.0 Å². The molecule has 4 heteroatoms. The van der Waals surface area contributed by atoms with E-state index in [9.17, 15) is 4.79 Å². The lowest BCUT2D eigenvalue weighted by Crippen LogP contribution is -2.35. The highest BCUT2D eigenvalue weighted by molar-refractivity contribution is 5.83. The van der Waals surface area contributed by atoms with Crippen molar-refractivity contribution in [3.63, 3.8) is 0 Å². The van der Waals surface area contributed by atoms with Gasteiger partial charge in [-0.2, -0.15) is 0 Å². The number of Topliss-reactive ketones (excluding diaryl/α,β-unsaturated/α-hetero) is 1. The third kappa shape index (κ3) is 3.36. The van der Waals surface area contributed by atoms with Gasteiger partial charge in [-0.05, 0) is 12.8 Å². The summed E-state index contributed by atoms with van der Waals surface area (Å²) in [6, 6.07) is 0. The summed E-state index contributed by atoms with van der Waals surface area (Å²) < 4.78 is 0. The van der Waals surface area contributed by atoms with Gasteiger partial charge in [0.05, 0.1) is 13.2 Å². The first-order valence-electron chi connectivity index (χ1n) is 5.24. The average molecular weight is 201 g/mol. The Hall–Kier alpha value is -0.450. The number of carbonyl (C=O) groups excluding carboxylic acids is 1. The minimum atomic E-state index is 0.0842.